The van der Waals surface area contributed by atoms with Crippen LogP contribution in [0.3, 0.4) is 0 Å². The summed E-state index contributed by atoms with van der Waals surface area (Å²) in [6.07, 6.45) is 8.60. The number of furan rings is 1. The predicted molar refractivity (Wildman–Crippen MR) is 123 cm³/mol. The Bertz CT molecular complexity index is 1110. The van der Waals surface area contributed by atoms with Crippen LogP contribution in [0.1, 0.15) is 51.3 Å². The molecule has 3 heteroatoms. The smallest absolute Gasteiger partial charge is 0.137 e. The van der Waals surface area contributed by atoms with Crippen LogP contribution in [0.15, 0.2) is 65.4 Å². The highest BCUT2D eigenvalue weighted by atomic mass is 16.3. The molecule has 0 atom stereocenters. The highest BCUT2D eigenvalue weighted by Gasteiger charge is 2.12. The number of hydrogen-bond donors (Lipinski definition) is 0. The maximum atomic E-state index is 9.42. The Labute approximate surface area is 174 Å². The van der Waals surface area contributed by atoms with Crippen molar-refractivity contribution in [1.29, 1.82) is 5.26 Å². The van der Waals surface area contributed by atoms with E-state index in [9.17, 15) is 5.26 Å². The fraction of sp³-hybridized carbons (Fsp3) is 0.231. The van der Waals surface area contributed by atoms with E-state index >= 15 is 0 Å². The Morgan fingerprint density at radius 1 is 1.00 bits per heavy atom. The SMILES string of the molecule is C#CC.CC.CC.N#Cc1cnc2ccccc2c1Cc1cccc2ccoc12. The lowest BCUT2D eigenvalue weighted by Gasteiger charge is -2.09. The van der Waals surface area contributed by atoms with Crippen LogP contribution in [0.5, 0.6) is 0 Å². The highest BCUT2D eigenvalue weighted by molar-refractivity contribution is 5.86. The van der Waals surface area contributed by atoms with Gasteiger partial charge >= 0.3 is 0 Å². The van der Waals surface area contributed by atoms with Gasteiger partial charge < -0.3 is 4.42 Å². The average Bonchev–Trinajstić information content (AvgIpc) is 3.27. The lowest BCUT2D eigenvalue weighted by molar-refractivity contribution is 0.612. The van der Waals surface area contributed by atoms with Crippen molar-refractivity contribution in [3.05, 3.63) is 77.7 Å². The van der Waals surface area contributed by atoms with Crippen molar-refractivity contribution >= 4 is 21.9 Å². The number of nitriles is 1. The van der Waals surface area contributed by atoms with Gasteiger partial charge in [-0.2, -0.15) is 5.26 Å². The predicted octanol–water partition coefficient (Wildman–Crippen LogP) is 7.14. The summed E-state index contributed by atoms with van der Waals surface area (Å²) >= 11 is 0. The van der Waals surface area contributed by atoms with Crippen molar-refractivity contribution in [3.63, 3.8) is 0 Å². The first-order valence-corrected chi connectivity index (χ1v) is 9.87. The Morgan fingerprint density at radius 3 is 2.38 bits per heavy atom. The summed E-state index contributed by atoms with van der Waals surface area (Å²) < 4.78 is 5.61. The van der Waals surface area contributed by atoms with Crippen molar-refractivity contribution in [3.8, 4) is 18.4 Å². The molecule has 0 aliphatic heterocycles. The Hall–Kier alpha value is -3.56. The summed E-state index contributed by atoms with van der Waals surface area (Å²) in [4.78, 5) is 4.36. The van der Waals surface area contributed by atoms with Crippen LogP contribution in [0.25, 0.3) is 21.9 Å². The third kappa shape index (κ3) is 5.71. The van der Waals surface area contributed by atoms with E-state index in [1.54, 1.807) is 19.4 Å². The van der Waals surface area contributed by atoms with Crippen LogP contribution in [-0.2, 0) is 6.42 Å². The van der Waals surface area contributed by atoms with Gasteiger partial charge in [-0.1, -0.05) is 64.1 Å². The number of para-hydroxylation sites is 2. The molecule has 0 N–H and O–H groups in total. The van der Waals surface area contributed by atoms with Crippen molar-refractivity contribution in [1.82, 2.24) is 4.98 Å². The van der Waals surface area contributed by atoms with E-state index in [2.05, 4.69) is 23.4 Å². The molecule has 0 fully saturated rings. The third-order valence-electron chi connectivity index (χ3n) is 3.94. The fourth-order valence-corrected chi connectivity index (χ4v) is 2.87. The molecular formula is C26H28N2O. The number of nitrogens with zero attached hydrogens (tertiary/aromatic N) is 2. The van der Waals surface area contributed by atoms with E-state index in [4.69, 9.17) is 4.42 Å². The molecule has 0 saturated carbocycles. The second-order valence-electron chi connectivity index (χ2n) is 5.50. The normalized spacial score (nSPS) is 8.93. The van der Waals surface area contributed by atoms with E-state index in [-0.39, 0.29) is 0 Å². The first kappa shape index (κ1) is 23.5. The molecule has 0 amide bonds. The Balaban J connectivity index is 0.000000540. The molecule has 148 valence electrons. The molecule has 3 nitrogen and oxygen atoms in total. The van der Waals surface area contributed by atoms with Gasteiger partial charge in [0.15, 0.2) is 0 Å². The Kier molecular flexibility index (Phi) is 10.3. The number of aromatic nitrogens is 1. The molecule has 29 heavy (non-hydrogen) atoms. The van der Waals surface area contributed by atoms with Gasteiger partial charge in [0, 0.05) is 23.4 Å². The van der Waals surface area contributed by atoms with Crippen LogP contribution in [0.4, 0.5) is 0 Å². The lowest BCUT2D eigenvalue weighted by Crippen LogP contribution is -1.96. The van der Waals surface area contributed by atoms with Crippen LogP contribution in [0.2, 0.25) is 0 Å². The topological polar surface area (TPSA) is 49.8 Å². The third-order valence-corrected chi connectivity index (χ3v) is 3.94. The number of rotatable bonds is 2. The molecule has 4 rings (SSSR count). The van der Waals surface area contributed by atoms with E-state index < -0.39 is 0 Å². The Morgan fingerprint density at radius 2 is 1.69 bits per heavy atom. The van der Waals surface area contributed by atoms with E-state index in [1.165, 1.54) is 0 Å². The minimum atomic E-state index is 0.613. The summed E-state index contributed by atoms with van der Waals surface area (Å²) in [5.41, 5.74) is 4.48. The minimum Gasteiger partial charge on any atom is -0.464 e. The van der Waals surface area contributed by atoms with Crippen molar-refractivity contribution in [2.24, 2.45) is 0 Å². The molecule has 0 aliphatic rings. The van der Waals surface area contributed by atoms with Crippen molar-refractivity contribution in [2.45, 2.75) is 41.0 Å². The van der Waals surface area contributed by atoms with Gasteiger partial charge in [-0.3, -0.25) is 4.98 Å². The maximum absolute atomic E-state index is 9.42. The number of hydrogen-bond acceptors (Lipinski definition) is 3. The standard InChI is InChI=1S/C19H12N2O.C3H4.2C2H6/c20-11-15-12-21-18-7-2-1-6-16(18)17(15)10-14-5-3-4-13-8-9-22-19(13)14;1-3-2;2*1-2/h1-9,12H,10H2;1H,2H3;2*1-2H3. The van der Waals surface area contributed by atoms with Gasteiger partial charge in [0.05, 0.1) is 17.3 Å². The second-order valence-corrected chi connectivity index (χ2v) is 5.50. The van der Waals surface area contributed by atoms with Crippen LogP contribution in [-0.4, -0.2) is 4.98 Å². The van der Waals surface area contributed by atoms with Gasteiger partial charge in [0.2, 0.25) is 0 Å². The molecule has 0 radical (unpaired) electrons. The molecule has 0 spiro atoms. The summed E-state index contributed by atoms with van der Waals surface area (Å²) in [6.45, 7) is 9.65. The van der Waals surface area contributed by atoms with Gasteiger partial charge in [0.25, 0.3) is 0 Å². The lowest BCUT2D eigenvalue weighted by atomic mass is 9.96. The summed E-state index contributed by atoms with van der Waals surface area (Å²) in [5.74, 6) is 2.25. The highest BCUT2D eigenvalue weighted by Crippen LogP contribution is 2.27. The van der Waals surface area contributed by atoms with Crippen LogP contribution < -0.4 is 0 Å². The van der Waals surface area contributed by atoms with Gasteiger partial charge in [-0.25, -0.2) is 0 Å². The zero-order valence-electron chi connectivity index (χ0n) is 17.9. The molecule has 2 aromatic carbocycles. The molecule has 0 saturated heterocycles. The number of terminal acetylenes is 1. The minimum absolute atomic E-state index is 0.613. The van der Waals surface area contributed by atoms with Gasteiger partial charge in [-0.05, 0) is 30.2 Å². The van der Waals surface area contributed by atoms with Crippen molar-refractivity contribution < 1.29 is 4.42 Å². The average molecular weight is 385 g/mol. The quantitative estimate of drug-likeness (QED) is 0.345. The van der Waals surface area contributed by atoms with E-state index in [0.29, 0.717) is 12.0 Å². The van der Waals surface area contributed by atoms with Gasteiger partial charge in [0.1, 0.15) is 11.7 Å². The maximum Gasteiger partial charge on any atom is 0.137 e. The molecule has 2 aromatic heterocycles. The molecule has 0 unspecified atom stereocenters. The summed E-state index contributed by atoms with van der Waals surface area (Å²) in [7, 11) is 0. The monoisotopic (exact) mass is 384 g/mol. The summed E-state index contributed by atoms with van der Waals surface area (Å²) in [6, 6.07) is 18.2. The number of pyridine rings is 1. The zero-order chi connectivity index (χ0) is 21.6. The molecular weight excluding hydrogens is 356 g/mol. The zero-order valence-corrected chi connectivity index (χ0v) is 17.9. The molecule has 0 aliphatic carbocycles. The van der Waals surface area contributed by atoms with E-state index in [0.717, 1.165) is 33.0 Å². The first-order valence-electron chi connectivity index (χ1n) is 9.87. The fourth-order valence-electron chi connectivity index (χ4n) is 2.87. The van der Waals surface area contributed by atoms with Crippen molar-refractivity contribution in [2.75, 3.05) is 0 Å². The molecule has 4 aromatic rings. The molecule has 2 heterocycles. The summed E-state index contributed by atoms with van der Waals surface area (Å²) in [5, 5.41) is 11.5. The van der Waals surface area contributed by atoms with Crippen LogP contribution >= 0.6 is 0 Å². The van der Waals surface area contributed by atoms with Gasteiger partial charge in [-0.15, -0.1) is 12.3 Å². The first-order chi connectivity index (χ1) is 14.3. The van der Waals surface area contributed by atoms with Crippen LogP contribution in [0, 0.1) is 23.7 Å². The second kappa shape index (κ2) is 12.8. The van der Waals surface area contributed by atoms with E-state index in [1.807, 2.05) is 76.2 Å². The largest absolute Gasteiger partial charge is 0.464 e. The number of fused-ring (bicyclic) bond motifs is 2. The molecule has 0 bridgehead atoms. The number of benzene rings is 2.